The van der Waals surface area contributed by atoms with Crippen LogP contribution in [0.2, 0.25) is 0 Å². The average Bonchev–Trinajstić information content (AvgIpc) is 2.74. The predicted octanol–water partition coefficient (Wildman–Crippen LogP) is 3.90. The maximum Gasteiger partial charge on any atom is 0.243 e. The lowest BCUT2D eigenvalue weighted by atomic mass is 10.1. The van der Waals surface area contributed by atoms with Crippen molar-refractivity contribution >= 4 is 16.3 Å². The molecule has 0 atom stereocenters. The van der Waals surface area contributed by atoms with Gasteiger partial charge in [0.1, 0.15) is 12.0 Å². The van der Waals surface area contributed by atoms with Crippen LogP contribution in [0.3, 0.4) is 0 Å². The largest absolute Gasteiger partial charge is 0.497 e. The number of aldehydes is 1. The van der Waals surface area contributed by atoms with Crippen LogP contribution in [0.1, 0.15) is 21.5 Å². The molecule has 0 saturated carbocycles. The summed E-state index contributed by atoms with van der Waals surface area (Å²) >= 11 is 0. The van der Waals surface area contributed by atoms with E-state index >= 15 is 0 Å². The summed E-state index contributed by atoms with van der Waals surface area (Å²) in [7, 11) is -2.13. The fourth-order valence-electron chi connectivity index (χ4n) is 2.85. The van der Waals surface area contributed by atoms with Crippen molar-refractivity contribution in [3.05, 3.63) is 95.6 Å². The maximum absolute atomic E-state index is 13.3. The lowest BCUT2D eigenvalue weighted by Gasteiger charge is -2.23. The second kappa shape index (κ2) is 8.82. The van der Waals surface area contributed by atoms with Gasteiger partial charge >= 0.3 is 0 Å². The lowest BCUT2D eigenvalue weighted by molar-refractivity contribution is 0.112. The number of carbonyl (C=O) groups excluding carboxylic acids is 1. The summed E-state index contributed by atoms with van der Waals surface area (Å²) < 4.78 is 33.2. The van der Waals surface area contributed by atoms with Crippen LogP contribution in [0.5, 0.6) is 5.75 Å². The van der Waals surface area contributed by atoms with Crippen molar-refractivity contribution < 1.29 is 17.9 Å². The van der Waals surface area contributed by atoms with E-state index in [1.807, 2.05) is 24.3 Å². The number of ether oxygens (including phenoxy) is 1. The van der Waals surface area contributed by atoms with Crippen LogP contribution in [0.25, 0.3) is 0 Å². The zero-order chi connectivity index (χ0) is 20.0. The third-order valence-corrected chi connectivity index (χ3v) is 6.15. The Kier molecular flexibility index (Phi) is 6.23. The Balaban J connectivity index is 1.95. The highest BCUT2D eigenvalue weighted by Gasteiger charge is 2.25. The molecule has 0 N–H and O–H groups in total. The van der Waals surface area contributed by atoms with E-state index in [-0.39, 0.29) is 18.0 Å². The van der Waals surface area contributed by atoms with Gasteiger partial charge in [-0.25, -0.2) is 8.42 Å². The second-order valence-electron chi connectivity index (χ2n) is 6.30. The summed E-state index contributed by atoms with van der Waals surface area (Å²) in [4.78, 5) is 11.1. The summed E-state index contributed by atoms with van der Waals surface area (Å²) in [6.07, 6.45) is 0.762. The number of nitrogens with zero attached hydrogens (tertiary/aromatic N) is 1. The first-order valence-electron chi connectivity index (χ1n) is 8.75. The number of methoxy groups -OCH3 is 1. The second-order valence-corrected chi connectivity index (χ2v) is 8.24. The van der Waals surface area contributed by atoms with Crippen molar-refractivity contribution in [2.45, 2.75) is 18.0 Å². The van der Waals surface area contributed by atoms with Gasteiger partial charge in [0.2, 0.25) is 10.0 Å². The monoisotopic (exact) mass is 395 g/mol. The molecule has 0 aliphatic rings. The molecular formula is C22H21NO4S. The number of hydrogen-bond acceptors (Lipinski definition) is 4. The Morgan fingerprint density at radius 2 is 1.54 bits per heavy atom. The quantitative estimate of drug-likeness (QED) is 0.543. The van der Waals surface area contributed by atoms with Crippen molar-refractivity contribution in [2.24, 2.45) is 0 Å². The van der Waals surface area contributed by atoms with Gasteiger partial charge < -0.3 is 4.74 Å². The highest BCUT2D eigenvalue weighted by molar-refractivity contribution is 7.89. The first-order chi connectivity index (χ1) is 13.5. The van der Waals surface area contributed by atoms with Crippen molar-refractivity contribution in [2.75, 3.05) is 7.11 Å². The Labute approximate surface area is 165 Å². The minimum atomic E-state index is -3.71. The van der Waals surface area contributed by atoms with E-state index < -0.39 is 10.0 Å². The average molecular weight is 395 g/mol. The van der Waals surface area contributed by atoms with Crippen molar-refractivity contribution in [1.29, 1.82) is 0 Å². The van der Waals surface area contributed by atoms with Crippen molar-refractivity contribution in [1.82, 2.24) is 4.31 Å². The van der Waals surface area contributed by atoms with E-state index in [1.165, 1.54) is 4.31 Å². The van der Waals surface area contributed by atoms with Gasteiger partial charge in [-0.3, -0.25) is 4.79 Å². The summed E-state index contributed by atoms with van der Waals surface area (Å²) in [5.74, 6) is 0.671. The third-order valence-electron chi connectivity index (χ3n) is 4.35. The molecule has 144 valence electrons. The number of rotatable bonds is 8. The van der Waals surface area contributed by atoms with Gasteiger partial charge in [-0.15, -0.1) is 0 Å². The summed E-state index contributed by atoms with van der Waals surface area (Å²) in [6, 6.07) is 22.6. The molecule has 5 nitrogen and oxygen atoms in total. The molecule has 0 aromatic heterocycles. The van der Waals surface area contributed by atoms with Crippen LogP contribution >= 0.6 is 0 Å². The maximum atomic E-state index is 13.3. The molecule has 3 aromatic rings. The van der Waals surface area contributed by atoms with Crippen LogP contribution in [0, 0.1) is 0 Å². The molecule has 6 heteroatoms. The molecular weight excluding hydrogens is 374 g/mol. The molecule has 0 saturated heterocycles. The minimum Gasteiger partial charge on any atom is -0.497 e. The third kappa shape index (κ3) is 4.65. The molecule has 0 aliphatic heterocycles. The number of benzene rings is 3. The summed E-state index contributed by atoms with van der Waals surface area (Å²) in [5.41, 5.74) is 2.17. The number of sulfonamides is 1. The van der Waals surface area contributed by atoms with Gasteiger partial charge in [0.25, 0.3) is 0 Å². The van der Waals surface area contributed by atoms with Gasteiger partial charge in [-0.2, -0.15) is 4.31 Å². The molecule has 0 bridgehead atoms. The van der Waals surface area contributed by atoms with Crippen molar-refractivity contribution in [3.8, 4) is 5.75 Å². The van der Waals surface area contributed by atoms with E-state index in [4.69, 9.17) is 4.74 Å². The van der Waals surface area contributed by atoms with Gasteiger partial charge in [0, 0.05) is 18.7 Å². The molecule has 0 radical (unpaired) electrons. The van der Waals surface area contributed by atoms with E-state index in [2.05, 4.69) is 0 Å². The highest BCUT2D eigenvalue weighted by Crippen LogP contribution is 2.23. The smallest absolute Gasteiger partial charge is 0.243 e. The van der Waals surface area contributed by atoms with Crippen LogP contribution in [0.15, 0.2) is 83.8 Å². The highest BCUT2D eigenvalue weighted by atomic mass is 32.2. The normalized spacial score (nSPS) is 11.4. The van der Waals surface area contributed by atoms with Crippen LogP contribution < -0.4 is 4.74 Å². The van der Waals surface area contributed by atoms with Crippen LogP contribution in [0.4, 0.5) is 0 Å². The number of hydrogen-bond donors (Lipinski definition) is 0. The molecule has 28 heavy (non-hydrogen) atoms. The summed E-state index contributed by atoms with van der Waals surface area (Å²) in [6.45, 7) is 0.386. The van der Waals surface area contributed by atoms with Gasteiger partial charge in [-0.1, -0.05) is 54.6 Å². The van der Waals surface area contributed by atoms with E-state index in [0.29, 0.717) is 11.3 Å². The minimum absolute atomic E-state index is 0.188. The molecule has 0 heterocycles. The standard InChI is InChI=1S/C22H21NO4S/c1-27-21-7-5-6-20(14-21)16-23(15-18-10-12-19(17-24)13-11-18)28(25,26)22-8-3-2-4-9-22/h2-14,17H,15-16H2,1H3. The zero-order valence-corrected chi connectivity index (χ0v) is 16.3. The molecule has 0 fully saturated rings. The van der Waals surface area contributed by atoms with Crippen molar-refractivity contribution in [3.63, 3.8) is 0 Å². The Hall–Kier alpha value is -2.96. The van der Waals surface area contributed by atoms with E-state index in [9.17, 15) is 13.2 Å². The first kappa shape index (κ1) is 19.8. The Bertz CT molecular complexity index is 1030. The Morgan fingerprint density at radius 1 is 0.857 bits per heavy atom. The molecule has 0 unspecified atom stereocenters. The lowest BCUT2D eigenvalue weighted by Crippen LogP contribution is -2.30. The first-order valence-corrected chi connectivity index (χ1v) is 10.2. The SMILES string of the molecule is COc1cccc(CN(Cc2ccc(C=O)cc2)S(=O)(=O)c2ccccc2)c1. The van der Waals surface area contributed by atoms with E-state index in [1.54, 1.807) is 61.7 Å². The predicted molar refractivity (Wildman–Crippen MR) is 108 cm³/mol. The fraction of sp³-hybridized carbons (Fsp3) is 0.136. The van der Waals surface area contributed by atoms with Gasteiger partial charge in [0.15, 0.2) is 0 Å². The van der Waals surface area contributed by atoms with Gasteiger partial charge in [0.05, 0.1) is 12.0 Å². The number of carbonyl (C=O) groups is 1. The summed E-state index contributed by atoms with van der Waals surface area (Å²) in [5, 5.41) is 0. The van der Waals surface area contributed by atoms with Crippen LogP contribution in [-0.4, -0.2) is 26.1 Å². The van der Waals surface area contributed by atoms with E-state index in [0.717, 1.165) is 17.4 Å². The molecule has 0 amide bonds. The van der Waals surface area contributed by atoms with Crippen LogP contribution in [-0.2, 0) is 23.1 Å². The molecule has 3 rings (SSSR count). The zero-order valence-electron chi connectivity index (χ0n) is 15.5. The molecule has 0 spiro atoms. The molecule has 3 aromatic carbocycles. The Morgan fingerprint density at radius 3 is 2.18 bits per heavy atom. The molecule has 0 aliphatic carbocycles. The van der Waals surface area contributed by atoms with Gasteiger partial charge in [-0.05, 0) is 35.4 Å². The topological polar surface area (TPSA) is 63.7 Å². The fourth-order valence-corrected chi connectivity index (χ4v) is 4.28.